The summed E-state index contributed by atoms with van der Waals surface area (Å²) in [5.74, 6) is 0.832. The van der Waals surface area contributed by atoms with Crippen molar-refractivity contribution >= 4 is 6.29 Å². The minimum Gasteiger partial charge on any atom is -0.303 e. The molecule has 1 aromatic heterocycles. The first-order chi connectivity index (χ1) is 6.36. The van der Waals surface area contributed by atoms with Crippen molar-refractivity contribution in [2.75, 3.05) is 0 Å². The van der Waals surface area contributed by atoms with E-state index in [1.165, 1.54) is 0 Å². The average Bonchev–Trinajstić information content (AvgIpc) is 2.19. The minimum absolute atomic E-state index is 0.596. The van der Waals surface area contributed by atoms with Gasteiger partial charge in [-0.3, -0.25) is 0 Å². The normalized spacial score (nSPS) is 9.92. The van der Waals surface area contributed by atoms with Crippen LogP contribution in [0.5, 0.6) is 0 Å². The second-order valence-corrected chi connectivity index (χ2v) is 2.92. The van der Waals surface area contributed by atoms with E-state index in [2.05, 4.69) is 16.9 Å². The predicted molar refractivity (Wildman–Crippen MR) is 50.4 cm³/mol. The maximum atomic E-state index is 10.1. The molecule has 0 aliphatic rings. The molecule has 0 atom stereocenters. The number of aldehydes is 1. The maximum Gasteiger partial charge on any atom is 0.128 e. The molecule has 0 unspecified atom stereocenters. The van der Waals surface area contributed by atoms with E-state index in [9.17, 15) is 4.79 Å². The number of nitrogens with zero attached hydrogens (tertiary/aromatic N) is 2. The van der Waals surface area contributed by atoms with Gasteiger partial charge in [-0.25, -0.2) is 9.97 Å². The number of unbranched alkanes of at least 4 members (excludes halogenated alkanes) is 1. The lowest BCUT2D eigenvalue weighted by molar-refractivity contribution is -0.107. The molecule has 70 valence electrons. The van der Waals surface area contributed by atoms with Crippen LogP contribution in [0.25, 0.3) is 0 Å². The Morgan fingerprint density at radius 1 is 1.38 bits per heavy atom. The zero-order valence-electron chi connectivity index (χ0n) is 7.86. The fourth-order valence-corrected chi connectivity index (χ4v) is 1.04. The monoisotopic (exact) mass is 178 g/mol. The summed E-state index contributed by atoms with van der Waals surface area (Å²) in [5, 5.41) is 0. The van der Waals surface area contributed by atoms with Crippen LogP contribution < -0.4 is 0 Å². The molecule has 1 heterocycles. The summed E-state index contributed by atoms with van der Waals surface area (Å²) in [5.41, 5.74) is 1.15. The molecular formula is C10H14N2O. The van der Waals surface area contributed by atoms with Gasteiger partial charge in [0.1, 0.15) is 12.1 Å². The first-order valence-corrected chi connectivity index (χ1v) is 4.60. The maximum absolute atomic E-state index is 10.1. The third-order valence-electron chi connectivity index (χ3n) is 1.89. The van der Waals surface area contributed by atoms with Gasteiger partial charge < -0.3 is 4.79 Å². The Morgan fingerprint density at radius 2 is 2.08 bits per heavy atom. The Kier molecular flexibility index (Phi) is 4.09. The van der Waals surface area contributed by atoms with Crippen molar-refractivity contribution in [2.45, 2.75) is 32.6 Å². The van der Waals surface area contributed by atoms with Crippen molar-refractivity contribution in [3.8, 4) is 0 Å². The number of hydrogen-bond donors (Lipinski definition) is 0. The second kappa shape index (κ2) is 5.41. The number of aromatic nitrogens is 2. The lowest BCUT2D eigenvalue weighted by Crippen LogP contribution is -1.96. The fourth-order valence-electron chi connectivity index (χ4n) is 1.04. The molecule has 1 aromatic rings. The van der Waals surface area contributed by atoms with E-state index in [-0.39, 0.29) is 0 Å². The van der Waals surface area contributed by atoms with Crippen LogP contribution in [0, 0.1) is 0 Å². The van der Waals surface area contributed by atoms with Crippen LogP contribution in [0.1, 0.15) is 31.2 Å². The topological polar surface area (TPSA) is 42.9 Å². The molecular weight excluding hydrogens is 164 g/mol. The number of rotatable bonds is 5. The van der Waals surface area contributed by atoms with Gasteiger partial charge in [0.05, 0.1) is 0 Å². The Labute approximate surface area is 78.2 Å². The van der Waals surface area contributed by atoms with E-state index in [0.717, 1.165) is 36.9 Å². The highest BCUT2D eigenvalue weighted by atomic mass is 16.1. The molecule has 0 fully saturated rings. The number of carbonyl (C=O) groups excluding carboxylic acids is 1. The van der Waals surface area contributed by atoms with E-state index in [0.29, 0.717) is 6.42 Å². The van der Waals surface area contributed by atoms with Crippen LogP contribution in [-0.2, 0) is 17.6 Å². The van der Waals surface area contributed by atoms with E-state index < -0.39 is 0 Å². The molecule has 0 radical (unpaired) electrons. The molecule has 0 aliphatic carbocycles. The summed E-state index contributed by atoms with van der Waals surface area (Å²) in [6.45, 7) is 2.07. The van der Waals surface area contributed by atoms with Gasteiger partial charge in [-0.1, -0.05) is 6.92 Å². The third kappa shape index (κ3) is 3.32. The van der Waals surface area contributed by atoms with Crippen LogP contribution in [0.15, 0.2) is 12.4 Å². The molecule has 0 aromatic carbocycles. The van der Waals surface area contributed by atoms with Crippen LogP contribution in [0.3, 0.4) is 0 Å². The van der Waals surface area contributed by atoms with Crippen molar-refractivity contribution in [2.24, 2.45) is 0 Å². The van der Waals surface area contributed by atoms with Crippen LogP contribution in [0.4, 0.5) is 0 Å². The molecule has 0 amide bonds. The minimum atomic E-state index is 0.596. The molecule has 0 saturated carbocycles. The summed E-state index contributed by atoms with van der Waals surface area (Å²) in [6.07, 6.45) is 7.83. The molecule has 13 heavy (non-hydrogen) atoms. The highest BCUT2D eigenvalue weighted by Crippen LogP contribution is 2.00. The van der Waals surface area contributed by atoms with Crippen LogP contribution in [-0.4, -0.2) is 16.3 Å². The second-order valence-electron chi connectivity index (χ2n) is 2.92. The van der Waals surface area contributed by atoms with Crippen molar-refractivity contribution in [1.29, 1.82) is 0 Å². The lowest BCUT2D eigenvalue weighted by atomic mass is 10.2. The van der Waals surface area contributed by atoms with Gasteiger partial charge in [0, 0.05) is 25.2 Å². The van der Waals surface area contributed by atoms with Crippen LogP contribution >= 0.6 is 0 Å². The summed E-state index contributed by atoms with van der Waals surface area (Å²) >= 11 is 0. The van der Waals surface area contributed by atoms with Crippen molar-refractivity contribution < 1.29 is 4.79 Å². The van der Waals surface area contributed by atoms with Gasteiger partial charge in [0.25, 0.3) is 0 Å². The summed E-state index contributed by atoms with van der Waals surface area (Å²) < 4.78 is 0. The number of hydrogen-bond acceptors (Lipinski definition) is 3. The highest BCUT2D eigenvalue weighted by Gasteiger charge is 1.96. The molecule has 0 aliphatic heterocycles. The largest absolute Gasteiger partial charge is 0.303 e. The standard InChI is InChI=1S/C10H14N2O/c1-2-9-7-11-10(12-8-9)5-3-4-6-13/h6-8H,2-5H2,1H3. The fraction of sp³-hybridized carbons (Fsp3) is 0.500. The molecule has 0 saturated heterocycles. The van der Waals surface area contributed by atoms with Gasteiger partial charge in [0.2, 0.25) is 0 Å². The molecule has 0 spiro atoms. The van der Waals surface area contributed by atoms with E-state index >= 15 is 0 Å². The highest BCUT2D eigenvalue weighted by molar-refractivity contribution is 5.49. The van der Waals surface area contributed by atoms with Gasteiger partial charge in [-0.05, 0) is 18.4 Å². The van der Waals surface area contributed by atoms with Gasteiger partial charge in [-0.15, -0.1) is 0 Å². The molecule has 0 N–H and O–H groups in total. The Bertz CT molecular complexity index is 256. The number of carbonyl (C=O) groups is 1. The molecule has 3 heteroatoms. The van der Waals surface area contributed by atoms with Crippen molar-refractivity contribution in [3.63, 3.8) is 0 Å². The zero-order valence-corrected chi connectivity index (χ0v) is 7.86. The predicted octanol–water partition coefficient (Wildman–Crippen LogP) is 1.56. The van der Waals surface area contributed by atoms with E-state index in [1.54, 1.807) is 0 Å². The molecule has 0 bridgehead atoms. The van der Waals surface area contributed by atoms with Crippen molar-refractivity contribution in [3.05, 3.63) is 23.8 Å². The first kappa shape index (κ1) is 9.84. The summed E-state index contributed by atoms with van der Waals surface area (Å²) in [7, 11) is 0. The Balaban J connectivity index is 2.44. The Hall–Kier alpha value is -1.25. The third-order valence-corrected chi connectivity index (χ3v) is 1.89. The SMILES string of the molecule is CCc1cnc(CCCC=O)nc1. The summed E-state index contributed by atoms with van der Waals surface area (Å²) in [6, 6.07) is 0. The number of aryl methyl sites for hydroxylation is 2. The average molecular weight is 178 g/mol. The van der Waals surface area contributed by atoms with E-state index in [1.807, 2.05) is 12.4 Å². The molecule has 3 nitrogen and oxygen atoms in total. The first-order valence-electron chi connectivity index (χ1n) is 4.60. The summed E-state index contributed by atoms with van der Waals surface area (Å²) in [4.78, 5) is 18.4. The van der Waals surface area contributed by atoms with Gasteiger partial charge in [0.15, 0.2) is 0 Å². The molecule has 1 rings (SSSR count). The van der Waals surface area contributed by atoms with Crippen LogP contribution in [0.2, 0.25) is 0 Å². The van der Waals surface area contributed by atoms with Gasteiger partial charge >= 0.3 is 0 Å². The quantitative estimate of drug-likeness (QED) is 0.507. The Morgan fingerprint density at radius 3 is 2.62 bits per heavy atom. The smallest absolute Gasteiger partial charge is 0.128 e. The van der Waals surface area contributed by atoms with Crippen molar-refractivity contribution in [1.82, 2.24) is 9.97 Å². The van der Waals surface area contributed by atoms with E-state index in [4.69, 9.17) is 0 Å². The zero-order chi connectivity index (χ0) is 9.52. The lowest BCUT2D eigenvalue weighted by Gasteiger charge is -1.98. The van der Waals surface area contributed by atoms with Gasteiger partial charge in [-0.2, -0.15) is 0 Å².